The maximum atomic E-state index is 4.52. The van der Waals surface area contributed by atoms with Crippen molar-refractivity contribution in [3.05, 3.63) is 0 Å². The largest absolute Gasteiger partial charge is 0.179 e. The van der Waals surface area contributed by atoms with Crippen molar-refractivity contribution in [1.29, 1.82) is 0 Å². The van der Waals surface area contributed by atoms with E-state index >= 15 is 0 Å². The van der Waals surface area contributed by atoms with Gasteiger partial charge in [0.2, 0.25) is 0 Å². The molecule has 2 rings (SSSR count). The van der Waals surface area contributed by atoms with E-state index < -0.39 is 0 Å². The van der Waals surface area contributed by atoms with Crippen molar-refractivity contribution in [3.8, 4) is 0 Å². The zero-order valence-corrected chi connectivity index (χ0v) is 10.2. The fourth-order valence-electron chi connectivity index (χ4n) is 4.23. The molecule has 2 aliphatic carbocycles. The van der Waals surface area contributed by atoms with Crippen molar-refractivity contribution < 1.29 is 0 Å². The molecular formula is C12H22S. The Bertz CT molecular complexity index is 221. The van der Waals surface area contributed by atoms with Gasteiger partial charge in [0, 0.05) is 0 Å². The summed E-state index contributed by atoms with van der Waals surface area (Å²) in [6.07, 6.45) is 2.88. The molecule has 0 aromatic carbocycles. The Hall–Kier alpha value is 0.350. The standard InChI is InChI=1S/C12H22S/c1-8-9(7-13)10-5-6-12(8,4)11(10,2)3/h8-10,13H,5-7H2,1-4H3. The lowest BCUT2D eigenvalue weighted by atomic mass is 9.67. The topological polar surface area (TPSA) is 0 Å². The first kappa shape index (κ1) is 9.89. The second kappa shape index (κ2) is 2.68. The van der Waals surface area contributed by atoms with Crippen molar-refractivity contribution >= 4 is 12.6 Å². The lowest BCUT2D eigenvalue weighted by Crippen LogP contribution is -2.31. The van der Waals surface area contributed by atoms with Crippen LogP contribution in [0.2, 0.25) is 0 Å². The molecule has 0 aliphatic heterocycles. The molecule has 0 heterocycles. The quantitative estimate of drug-likeness (QED) is 0.611. The van der Waals surface area contributed by atoms with Crippen molar-refractivity contribution in [2.45, 2.75) is 40.5 Å². The summed E-state index contributed by atoms with van der Waals surface area (Å²) in [5.41, 5.74) is 1.14. The zero-order valence-electron chi connectivity index (χ0n) is 9.30. The first-order valence-electron chi connectivity index (χ1n) is 5.56. The summed E-state index contributed by atoms with van der Waals surface area (Å²) in [6.45, 7) is 9.90. The van der Waals surface area contributed by atoms with Crippen LogP contribution in [-0.2, 0) is 0 Å². The van der Waals surface area contributed by atoms with Gasteiger partial charge in [-0.1, -0.05) is 27.7 Å². The van der Waals surface area contributed by atoms with E-state index in [1.807, 2.05) is 0 Å². The van der Waals surface area contributed by atoms with E-state index in [1.54, 1.807) is 0 Å². The smallest absolute Gasteiger partial charge is 0.00639 e. The van der Waals surface area contributed by atoms with Crippen LogP contribution in [0, 0.1) is 28.6 Å². The lowest BCUT2D eigenvalue weighted by molar-refractivity contribution is 0.107. The maximum absolute atomic E-state index is 4.52. The minimum Gasteiger partial charge on any atom is -0.179 e. The molecule has 0 aromatic rings. The highest BCUT2D eigenvalue weighted by Crippen LogP contribution is 2.70. The summed E-state index contributed by atoms with van der Waals surface area (Å²) in [4.78, 5) is 0. The van der Waals surface area contributed by atoms with Gasteiger partial charge in [-0.05, 0) is 47.2 Å². The maximum Gasteiger partial charge on any atom is -0.00639 e. The average Bonchev–Trinajstić information content (AvgIpc) is 2.36. The van der Waals surface area contributed by atoms with Gasteiger partial charge in [-0.15, -0.1) is 0 Å². The van der Waals surface area contributed by atoms with Gasteiger partial charge in [0.15, 0.2) is 0 Å². The molecule has 0 N–H and O–H groups in total. The zero-order chi connectivity index (χ0) is 9.85. The van der Waals surface area contributed by atoms with Crippen LogP contribution in [-0.4, -0.2) is 5.75 Å². The molecule has 76 valence electrons. The monoisotopic (exact) mass is 198 g/mol. The highest BCUT2D eigenvalue weighted by Gasteiger charge is 2.63. The third-order valence-corrected chi connectivity index (χ3v) is 6.17. The number of thiol groups is 1. The Kier molecular flexibility index (Phi) is 2.04. The normalized spacial score (nSPS) is 52.8. The summed E-state index contributed by atoms with van der Waals surface area (Å²) in [5, 5.41) is 0. The van der Waals surface area contributed by atoms with Crippen LogP contribution in [0.3, 0.4) is 0 Å². The third-order valence-electron chi connectivity index (χ3n) is 5.75. The van der Waals surface area contributed by atoms with E-state index in [4.69, 9.17) is 0 Å². The molecule has 0 amide bonds. The number of hydrogen-bond donors (Lipinski definition) is 1. The molecule has 2 aliphatic rings. The highest BCUT2D eigenvalue weighted by molar-refractivity contribution is 7.80. The Morgan fingerprint density at radius 3 is 2.23 bits per heavy atom. The number of hydrogen-bond acceptors (Lipinski definition) is 1. The minimum absolute atomic E-state index is 0.555. The number of fused-ring (bicyclic) bond motifs is 2. The van der Waals surface area contributed by atoms with Gasteiger partial charge in [0.1, 0.15) is 0 Å². The fourth-order valence-corrected chi connectivity index (χ4v) is 4.80. The highest BCUT2D eigenvalue weighted by atomic mass is 32.1. The van der Waals surface area contributed by atoms with Crippen molar-refractivity contribution in [3.63, 3.8) is 0 Å². The predicted molar refractivity (Wildman–Crippen MR) is 61.1 cm³/mol. The van der Waals surface area contributed by atoms with E-state index in [2.05, 4.69) is 40.3 Å². The van der Waals surface area contributed by atoms with Crippen molar-refractivity contribution in [1.82, 2.24) is 0 Å². The van der Waals surface area contributed by atoms with Crippen molar-refractivity contribution in [2.24, 2.45) is 28.6 Å². The third kappa shape index (κ3) is 0.948. The molecule has 13 heavy (non-hydrogen) atoms. The summed E-state index contributed by atoms with van der Waals surface area (Å²) in [5.74, 6) is 3.77. The molecule has 0 aromatic heterocycles. The van der Waals surface area contributed by atoms with Crippen LogP contribution in [0.25, 0.3) is 0 Å². The lowest BCUT2D eigenvalue weighted by Gasteiger charge is -2.38. The van der Waals surface area contributed by atoms with Gasteiger partial charge in [-0.2, -0.15) is 12.6 Å². The van der Waals surface area contributed by atoms with Crippen LogP contribution in [0.15, 0.2) is 0 Å². The van der Waals surface area contributed by atoms with Crippen LogP contribution in [0.1, 0.15) is 40.5 Å². The van der Waals surface area contributed by atoms with Crippen LogP contribution in [0.5, 0.6) is 0 Å². The summed E-state index contributed by atoms with van der Waals surface area (Å²) < 4.78 is 0. The minimum atomic E-state index is 0.555. The van der Waals surface area contributed by atoms with Crippen LogP contribution < -0.4 is 0 Å². The van der Waals surface area contributed by atoms with E-state index in [1.165, 1.54) is 12.8 Å². The predicted octanol–water partition coefficient (Wildman–Crippen LogP) is 3.62. The Labute approximate surface area is 87.9 Å². The van der Waals surface area contributed by atoms with Gasteiger partial charge in [0.05, 0.1) is 0 Å². The Balaban J connectivity index is 2.39. The van der Waals surface area contributed by atoms with E-state index in [-0.39, 0.29) is 0 Å². The van der Waals surface area contributed by atoms with E-state index in [0.29, 0.717) is 10.8 Å². The fraction of sp³-hybridized carbons (Fsp3) is 1.00. The molecule has 0 nitrogen and oxygen atoms in total. The summed E-state index contributed by atoms with van der Waals surface area (Å²) in [7, 11) is 0. The molecule has 4 unspecified atom stereocenters. The molecule has 0 radical (unpaired) electrons. The van der Waals surface area contributed by atoms with Gasteiger partial charge in [-0.25, -0.2) is 0 Å². The van der Waals surface area contributed by atoms with Gasteiger partial charge < -0.3 is 0 Å². The average molecular weight is 198 g/mol. The Morgan fingerprint density at radius 2 is 1.92 bits per heavy atom. The molecule has 1 heteroatoms. The molecule has 0 saturated heterocycles. The number of rotatable bonds is 1. The van der Waals surface area contributed by atoms with Gasteiger partial charge in [-0.3, -0.25) is 0 Å². The van der Waals surface area contributed by atoms with E-state index in [9.17, 15) is 0 Å². The molecule has 2 fully saturated rings. The second-order valence-electron chi connectivity index (χ2n) is 5.92. The molecular weight excluding hydrogens is 176 g/mol. The molecule has 4 atom stereocenters. The summed E-state index contributed by atoms with van der Waals surface area (Å²) in [6, 6.07) is 0. The molecule has 2 saturated carbocycles. The van der Waals surface area contributed by atoms with Gasteiger partial charge in [0.25, 0.3) is 0 Å². The SMILES string of the molecule is CC1C(CS)C2CCC1(C)C2(C)C. The van der Waals surface area contributed by atoms with Crippen LogP contribution >= 0.6 is 12.6 Å². The Morgan fingerprint density at radius 1 is 1.31 bits per heavy atom. The summed E-state index contributed by atoms with van der Waals surface area (Å²) >= 11 is 4.52. The van der Waals surface area contributed by atoms with Crippen molar-refractivity contribution in [2.75, 3.05) is 5.75 Å². The van der Waals surface area contributed by atoms with Crippen LogP contribution in [0.4, 0.5) is 0 Å². The first-order valence-corrected chi connectivity index (χ1v) is 6.19. The second-order valence-corrected chi connectivity index (χ2v) is 6.28. The molecule has 2 bridgehead atoms. The van der Waals surface area contributed by atoms with E-state index in [0.717, 1.165) is 23.5 Å². The molecule has 0 spiro atoms. The first-order chi connectivity index (χ1) is 5.95. The van der Waals surface area contributed by atoms with Gasteiger partial charge >= 0.3 is 0 Å².